The Morgan fingerprint density at radius 3 is 2.77 bits per heavy atom. The van der Waals surface area contributed by atoms with Gasteiger partial charge in [0.05, 0.1) is 4.92 Å². The minimum absolute atomic E-state index is 0.111. The van der Waals surface area contributed by atoms with Crippen LogP contribution in [0.2, 0.25) is 5.02 Å². The predicted molar refractivity (Wildman–Crippen MR) is 77.3 cm³/mol. The molecule has 0 aliphatic heterocycles. The SMILES string of the molecule is O=[N+]([O-])c1c(CCc2cc(F)cc(Cl)c2)ccc2nonc12. The van der Waals surface area contributed by atoms with E-state index in [4.69, 9.17) is 11.6 Å². The molecule has 0 spiro atoms. The van der Waals surface area contributed by atoms with Gasteiger partial charge < -0.3 is 0 Å². The van der Waals surface area contributed by atoms with Crippen LogP contribution in [0.15, 0.2) is 35.0 Å². The highest BCUT2D eigenvalue weighted by atomic mass is 35.5. The second-order valence-corrected chi connectivity index (χ2v) is 5.18. The first kappa shape index (κ1) is 14.4. The highest BCUT2D eigenvalue weighted by Crippen LogP contribution is 2.28. The Balaban J connectivity index is 1.93. The van der Waals surface area contributed by atoms with E-state index in [1.54, 1.807) is 18.2 Å². The summed E-state index contributed by atoms with van der Waals surface area (Å²) in [6.07, 6.45) is 0.758. The fourth-order valence-corrected chi connectivity index (χ4v) is 2.56. The van der Waals surface area contributed by atoms with Gasteiger partial charge >= 0.3 is 5.69 Å². The van der Waals surface area contributed by atoms with Crippen molar-refractivity contribution in [2.24, 2.45) is 0 Å². The summed E-state index contributed by atoms with van der Waals surface area (Å²) >= 11 is 5.80. The van der Waals surface area contributed by atoms with Crippen molar-refractivity contribution in [2.45, 2.75) is 12.8 Å². The standard InChI is InChI=1S/C14H9ClFN3O3/c15-10-5-8(6-11(16)7-10)1-2-9-3-4-12-13(18-22-17-12)14(9)19(20)21/h3-7H,1-2H2. The van der Waals surface area contributed by atoms with Crippen molar-refractivity contribution < 1.29 is 13.9 Å². The molecule has 22 heavy (non-hydrogen) atoms. The van der Waals surface area contributed by atoms with E-state index in [0.29, 0.717) is 34.5 Å². The molecule has 8 heteroatoms. The van der Waals surface area contributed by atoms with Gasteiger partial charge in [-0.25, -0.2) is 9.02 Å². The maximum atomic E-state index is 13.3. The quantitative estimate of drug-likeness (QED) is 0.540. The number of nitro groups is 1. The van der Waals surface area contributed by atoms with Crippen LogP contribution in [0.4, 0.5) is 10.1 Å². The molecular formula is C14H9ClFN3O3. The number of aromatic nitrogens is 2. The van der Waals surface area contributed by atoms with Crippen molar-refractivity contribution in [2.75, 3.05) is 0 Å². The second-order valence-electron chi connectivity index (χ2n) is 4.74. The van der Waals surface area contributed by atoms with Crippen molar-refractivity contribution in [3.63, 3.8) is 0 Å². The zero-order valence-corrected chi connectivity index (χ0v) is 11.9. The number of benzene rings is 2. The molecule has 1 aromatic heterocycles. The van der Waals surface area contributed by atoms with Crippen LogP contribution in [-0.2, 0) is 12.8 Å². The molecule has 2 aromatic carbocycles. The molecule has 0 saturated heterocycles. The third-order valence-electron chi connectivity index (χ3n) is 3.27. The third kappa shape index (κ3) is 2.75. The van der Waals surface area contributed by atoms with Crippen molar-refractivity contribution in [3.05, 3.63) is 62.4 Å². The summed E-state index contributed by atoms with van der Waals surface area (Å²) in [6.45, 7) is 0. The number of fused-ring (bicyclic) bond motifs is 1. The van der Waals surface area contributed by atoms with Crippen LogP contribution in [-0.4, -0.2) is 15.2 Å². The van der Waals surface area contributed by atoms with Crippen molar-refractivity contribution in [1.29, 1.82) is 0 Å². The Kier molecular flexibility index (Phi) is 3.72. The predicted octanol–water partition coefficient (Wildman–Crippen LogP) is 3.71. The van der Waals surface area contributed by atoms with E-state index in [2.05, 4.69) is 14.9 Å². The van der Waals surface area contributed by atoms with Crippen LogP contribution in [0.3, 0.4) is 0 Å². The summed E-state index contributed by atoms with van der Waals surface area (Å²) in [6, 6.07) is 7.40. The topological polar surface area (TPSA) is 82.1 Å². The highest BCUT2D eigenvalue weighted by molar-refractivity contribution is 6.30. The summed E-state index contributed by atoms with van der Waals surface area (Å²) in [7, 11) is 0. The summed E-state index contributed by atoms with van der Waals surface area (Å²) in [5.41, 5.74) is 1.44. The zero-order valence-electron chi connectivity index (χ0n) is 11.1. The zero-order chi connectivity index (χ0) is 15.7. The van der Waals surface area contributed by atoms with E-state index in [9.17, 15) is 14.5 Å². The molecule has 0 bridgehead atoms. The fraction of sp³-hybridized carbons (Fsp3) is 0.143. The summed E-state index contributed by atoms with van der Waals surface area (Å²) in [4.78, 5) is 10.8. The first-order chi connectivity index (χ1) is 10.5. The van der Waals surface area contributed by atoms with Gasteiger partial charge in [0.2, 0.25) is 5.52 Å². The Morgan fingerprint density at radius 1 is 1.23 bits per heavy atom. The number of rotatable bonds is 4. The first-order valence-electron chi connectivity index (χ1n) is 6.38. The molecule has 0 N–H and O–H groups in total. The van der Waals surface area contributed by atoms with E-state index in [1.807, 2.05) is 0 Å². The van der Waals surface area contributed by atoms with Crippen molar-refractivity contribution in [1.82, 2.24) is 10.3 Å². The van der Waals surface area contributed by atoms with Gasteiger partial charge in [0.15, 0.2) is 0 Å². The summed E-state index contributed by atoms with van der Waals surface area (Å²) < 4.78 is 17.8. The average molecular weight is 322 g/mol. The second kappa shape index (κ2) is 5.69. The molecule has 0 aliphatic rings. The van der Waals surface area contributed by atoms with Gasteiger partial charge in [-0.3, -0.25) is 10.1 Å². The molecule has 0 atom stereocenters. The Morgan fingerprint density at radius 2 is 2.05 bits per heavy atom. The minimum atomic E-state index is -0.513. The van der Waals surface area contributed by atoms with Crippen molar-refractivity contribution in [3.8, 4) is 0 Å². The molecule has 112 valence electrons. The molecule has 0 fully saturated rings. The van der Waals surface area contributed by atoms with Gasteiger partial charge in [-0.15, -0.1) is 0 Å². The van der Waals surface area contributed by atoms with Crippen LogP contribution < -0.4 is 0 Å². The van der Waals surface area contributed by atoms with Gasteiger partial charge in [-0.1, -0.05) is 11.6 Å². The van der Waals surface area contributed by atoms with E-state index < -0.39 is 10.7 Å². The molecule has 0 amide bonds. The number of halogens is 2. The molecule has 6 nitrogen and oxygen atoms in total. The first-order valence-corrected chi connectivity index (χ1v) is 6.76. The monoisotopic (exact) mass is 321 g/mol. The molecular weight excluding hydrogens is 313 g/mol. The van der Waals surface area contributed by atoms with Gasteiger partial charge in [0.25, 0.3) is 0 Å². The normalized spacial score (nSPS) is 11.0. The third-order valence-corrected chi connectivity index (χ3v) is 3.49. The summed E-state index contributed by atoms with van der Waals surface area (Å²) in [5.74, 6) is -0.437. The maximum Gasteiger partial charge on any atom is 0.303 e. The lowest BCUT2D eigenvalue weighted by Gasteiger charge is -2.04. The molecule has 3 rings (SSSR count). The Bertz CT molecular complexity index is 845. The largest absolute Gasteiger partial charge is 0.303 e. The average Bonchev–Trinajstić information content (AvgIpc) is 2.91. The lowest BCUT2D eigenvalue weighted by atomic mass is 10.0. The van der Waals surface area contributed by atoms with E-state index in [-0.39, 0.29) is 11.2 Å². The van der Waals surface area contributed by atoms with Gasteiger partial charge in [-0.2, -0.15) is 0 Å². The van der Waals surface area contributed by atoms with Crippen LogP contribution >= 0.6 is 11.6 Å². The number of nitrogens with zero attached hydrogens (tertiary/aromatic N) is 3. The number of nitro benzene ring substituents is 1. The lowest BCUT2D eigenvalue weighted by molar-refractivity contribution is -0.384. The van der Waals surface area contributed by atoms with E-state index >= 15 is 0 Å². The molecule has 1 heterocycles. The van der Waals surface area contributed by atoms with Crippen molar-refractivity contribution >= 4 is 28.3 Å². The number of hydrogen-bond donors (Lipinski definition) is 0. The lowest BCUT2D eigenvalue weighted by Crippen LogP contribution is -1.99. The Hall–Kier alpha value is -2.54. The van der Waals surface area contributed by atoms with Gasteiger partial charge in [0, 0.05) is 10.6 Å². The van der Waals surface area contributed by atoms with Crippen LogP contribution in [0.1, 0.15) is 11.1 Å². The highest BCUT2D eigenvalue weighted by Gasteiger charge is 2.22. The van der Waals surface area contributed by atoms with Crippen LogP contribution in [0.5, 0.6) is 0 Å². The molecule has 0 radical (unpaired) electrons. The molecule has 0 saturated carbocycles. The van der Waals surface area contributed by atoms with Gasteiger partial charge in [-0.05, 0) is 59.1 Å². The van der Waals surface area contributed by atoms with Gasteiger partial charge in [0.1, 0.15) is 11.3 Å². The van der Waals surface area contributed by atoms with Crippen LogP contribution in [0, 0.1) is 15.9 Å². The smallest absolute Gasteiger partial charge is 0.258 e. The maximum absolute atomic E-state index is 13.3. The van der Waals surface area contributed by atoms with Crippen LogP contribution in [0.25, 0.3) is 11.0 Å². The molecule has 0 unspecified atom stereocenters. The Labute approximate surface area is 128 Å². The number of hydrogen-bond acceptors (Lipinski definition) is 5. The molecule has 3 aromatic rings. The molecule has 0 aliphatic carbocycles. The van der Waals surface area contributed by atoms with E-state index in [1.165, 1.54) is 12.1 Å². The minimum Gasteiger partial charge on any atom is -0.258 e. The number of aryl methyl sites for hydroxylation is 2. The summed E-state index contributed by atoms with van der Waals surface area (Å²) in [5, 5.41) is 18.7. The fourth-order valence-electron chi connectivity index (χ4n) is 2.32. The van der Waals surface area contributed by atoms with E-state index in [0.717, 1.165) is 0 Å².